The minimum Gasteiger partial charge on any atom is -0.497 e. The van der Waals surface area contributed by atoms with Gasteiger partial charge in [0.2, 0.25) is 11.9 Å². The van der Waals surface area contributed by atoms with E-state index in [1.807, 2.05) is 24.3 Å². The Labute approximate surface area is 167 Å². The number of nitrogens with zero attached hydrogens (tertiary/aromatic N) is 2. The number of hydrazone groups is 1. The lowest BCUT2D eigenvalue weighted by Gasteiger charge is -2.10. The summed E-state index contributed by atoms with van der Waals surface area (Å²) in [4.78, 5) is 28.5. The number of anilines is 1. The average molecular weight is 395 g/mol. The topological polar surface area (TPSA) is 113 Å². The number of aliphatic imine (C=N–C) groups is 1. The molecule has 0 spiro atoms. The standard InChI is InChI=1S/C20H21N5O4/c1-28-14-9-7-13(8-10-14)12-21-25-20-23-16(19(27)24-20)11-18(26)22-15-5-3-4-6-17(15)29-2/h3-10,12,16H,11H2,1-2H3,(H,22,26)(H2,23,24,25,27). The van der Waals surface area contributed by atoms with Gasteiger partial charge in [0, 0.05) is 0 Å². The predicted octanol–water partition coefficient (Wildman–Crippen LogP) is 1.51. The molecule has 9 heteroatoms. The van der Waals surface area contributed by atoms with E-state index in [9.17, 15) is 9.59 Å². The van der Waals surface area contributed by atoms with Gasteiger partial charge in [0.05, 0.1) is 32.5 Å². The first-order valence-electron chi connectivity index (χ1n) is 8.83. The first kappa shape index (κ1) is 19.9. The molecule has 1 unspecified atom stereocenters. The van der Waals surface area contributed by atoms with E-state index in [1.165, 1.54) is 7.11 Å². The van der Waals surface area contributed by atoms with Crippen LogP contribution >= 0.6 is 0 Å². The summed E-state index contributed by atoms with van der Waals surface area (Å²) in [6.45, 7) is 0. The molecule has 0 aromatic heterocycles. The highest BCUT2D eigenvalue weighted by Crippen LogP contribution is 2.23. The summed E-state index contributed by atoms with van der Waals surface area (Å²) in [6, 6.07) is 13.5. The molecule has 2 amide bonds. The summed E-state index contributed by atoms with van der Waals surface area (Å²) in [6.07, 6.45) is 1.48. The number of para-hydroxylation sites is 2. The summed E-state index contributed by atoms with van der Waals surface area (Å²) in [5, 5.41) is 9.33. The third kappa shape index (κ3) is 5.32. The summed E-state index contributed by atoms with van der Waals surface area (Å²) in [5.41, 5.74) is 4.04. The lowest BCUT2D eigenvalue weighted by Crippen LogP contribution is -2.35. The second-order valence-corrected chi connectivity index (χ2v) is 6.08. The largest absolute Gasteiger partial charge is 0.497 e. The van der Waals surface area contributed by atoms with Crippen LogP contribution in [0.1, 0.15) is 12.0 Å². The Morgan fingerprint density at radius 2 is 1.93 bits per heavy atom. The van der Waals surface area contributed by atoms with Gasteiger partial charge in [0.15, 0.2) is 0 Å². The monoisotopic (exact) mass is 395 g/mol. The molecule has 0 radical (unpaired) electrons. The number of carbonyl (C=O) groups is 2. The Balaban J connectivity index is 1.54. The summed E-state index contributed by atoms with van der Waals surface area (Å²) in [5.74, 6) is 0.755. The highest BCUT2D eigenvalue weighted by atomic mass is 16.5. The Bertz CT molecular complexity index is 940. The van der Waals surface area contributed by atoms with Crippen LogP contribution in [0.2, 0.25) is 0 Å². The van der Waals surface area contributed by atoms with Crippen LogP contribution < -0.4 is 25.5 Å². The third-order valence-electron chi connectivity index (χ3n) is 4.09. The van der Waals surface area contributed by atoms with E-state index in [4.69, 9.17) is 9.47 Å². The minimum absolute atomic E-state index is 0.0999. The van der Waals surface area contributed by atoms with Gasteiger partial charge in [-0.1, -0.05) is 12.1 Å². The van der Waals surface area contributed by atoms with Crippen molar-refractivity contribution in [3.8, 4) is 11.5 Å². The zero-order valence-electron chi connectivity index (χ0n) is 16.0. The molecule has 3 rings (SSSR count). The van der Waals surface area contributed by atoms with Crippen molar-refractivity contribution in [2.45, 2.75) is 12.5 Å². The normalized spacial score (nSPS) is 15.6. The molecule has 2 aromatic rings. The van der Waals surface area contributed by atoms with Crippen molar-refractivity contribution < 1.29 is 19.1 Å². The van der Waals surface area contributed by atoms with E-state index >= 15 is 0 Å². The van der Waals surface area contributed by atoms with E-state index in [2.05, 4.69) is 26.2 Å². The second kappa shape index (κ2) is 9.36. The van der Waals surface area contributed by atoms with E-state index < -0.39 is 6.04 Å². The van der Waals surface area contributed by atoms with Crippen molar-refractivity contribution in [3.05, 3.63) is 54.1 Å². The molecular weight excluding hydrogens is 374 g/mol. The Kier molecular flexibility index (Phi) is 6.41. The zero-order valence-corrected chi connectivity index (χ0v) is 16.0. The smallest absolute Gasteiger partial charge is 0.252 e. The van der Waals surface area contributed by atoms with Crippen LogP contribution in [0.3, 0.4) is 0 Å². The van der Waals surface area contributed by atoms with Gasteiger partial charge in [-0.05, 0) is 42.0 Å². The van der Waals surface area contributed by atoms with E-state index in [-0.39, 0.29) is 24.2 Å². The molecule has 0 saturated carbocycles. The molecule has 1 aliphatic rings. The average Bonchev–Trinajstić information content (AvgIpc) is 3.07. The van der Waals surface area contributed by atoms with Crippen molar-refractivity contribution in [1.29, 1.82) is 0 Å². The maximum absolute atomic E-state index is 12.3. The van der Waals surface area contributed by atoms with Gasteiger partial charge in [-0.2, -0.15) is 5.10 Å². The van der Waals surface area contributed by atoms with Crippen LogP contribution in [-0.2, 0) is 9.59 Å². The molecule has 3 N–H and O–H groups in total. The maximum atomic E-state index is 12.3. The third-order valence-corrected chi connectivity index (χ3v) is 4.09. The fraction of sp³-hybridized carbons (Fsp3) is 0.200. The van der Waals surface area contributed by atoms with Gasteiger partial charge in [-0.3, -0.25) is 14.9 Å². The maximum Gasteiger partial charge on any atom is 0.252 e. The molecule has 0 saturated heterocycles. The minimum atomic E-state index is -0.830. The summed E-state index contributed by atoms with van der Waals surface area (Å²) < 4.78 is 10.3. The molecule has 1 atom stereocenters. The summed E-state index contributed by atoms with van der Waals surface area (Å²) >= 11 is 0. The number of methoxy groups -OCH3 is 2. The van der Waals surface area contributed by atoms with Gasteiger partial charge < -0.3 is 14.8 Å². The fourth-order valence-electron chi connectivity index (χ4n) is 2.62. The number of guanidine groups is 1. The van der Waals surface area contributed by atoms with Crippen LogP contribution in [0.5, 0.6) is 11.5 Å². The number of benzene rings is 2. The number of hydrogen-bond acceptors (Lipinski definition) is 7. The molecule has 29 heavy (non-hydrogen) atoms. The Hall–Kier alpha value is -3.88. The van der Waals surface area contributed by atoms with Crippen molar-refractivity contribution >= 4 is 29.7 Å². The van der Waals surface area contributed by atoms with E-state index in [1.54, 1.807) is 37.6 Å². The van der Waals surface area contributed by atoms with Crippen molar-refractivity contribution in [3.63, 3.8) is 0 Å². The quantitative estimate of drug-likeness (QED) is 0.486. The SMILES string of the molecule is COc1ccc(C=NNC2=NC(CC(=O)Nc3ccccc3OC)C(=O)N2)cc1. The second-order valence-electron chi connectivity index (χ2n) is 6.08. The highest BCUT2D eigenvalue weighted by molar-refractivity contribution is 6.07. The van der Waals surface area contributed by atoms with E-state index in [0.717, 1.165) is 11.3 Å². The molecule has 0 fully saturated rings. The molecule has 9 nitrogen and oxygen atoms in total. The molecule has 1 aliphatic heterocycles. The number of ether oxygens (including phenoxy) is 2. The van der Waals surface area contributed by atoms with Crippen LogP contribution in [0, 0.1) is 0 Å². The zero-order chi connectivity index (χ0) is 20.6. The lowest BCUT2D eigenvalue weighted by atomic mass is 10.2. The van der Waals surface area contributed by atoms with Gasteiger partial charge in [-0.15, -0.1) is 0 Å². The van der Waals surface area contributed by atoms with Crippen LogP contribution in [0.15, 0.2) is 58.6 Å². The predicted molar refractivity (Wildman–Crippen MR) is 109 cm³/mol. The lowest BCUT2D eigenvalue weighted by molar-refractivity contribution is -0.123. The molecule has 1 heterocycles. The van der Waals surface area contributed by atoms with E-state index in [0.29, 0.717) is 11.4 Å². The van der Waals surface area contributed by atoms with Crippen LogP contribution in [0.4, 0.5) is 5.69 Å². The highest BCUT2D eigenvalue weighted by Gasteiger charge is 2.28. The van der Waals surface area contributed by atoms with Crippen molar-refractivity contribution in [2.24, 2.45) is 10.1 Å². The molecule has 0 bridgehead atoms. The first-order valence-corrected chi connectivity index (χ1v) is 8.83. The Morgan fingerprint density at radius 1 is 1.17 bits per heavy atom. The number of carbonyl (C=O) groups excluding carboxylic acids is 2. The molecule has 0 aliphatic carbocycles. The number of rotatable bonds is 7. The van der Waals surface area contributed by atoms with Gasteiger partial charge >= 0.3 is 0 Å². The van der Waals surface area contributed by atoms with Gasteiger partial charge in [0.25, 0.3) is 5.91 Å². The van der Waals surface area contributed by atoms with Gasteiger partial charge in [0.1, 0.15) is 17.5 Å². The first-order chi connectivity index (χ1) is 14.1. The molecular formula is C20H21N5O4. The van der Waals surface area contributed by atoms with Crippen LogP contribution in [-0.4, -0.2) is 44.2 Å². The number of hydrogen-bond donors (Lipinski definition) is 3. The number of amides is 2. The van der Waals surface area contributed by atoms with Crippen molar-refractivity contribution in [2.75, 3.05) is 19.5 Å². The van der Waals surface area contributed by atoms with Crippen LogP contribution in [0.25, 0.3) is 0 Å². The fourth-order valence-corrected chi connectivity index (χ4v) is 2.62. The Morgan fingerprint density at radius 3 is 2.66 bits per heavy atom. The summed E-state index contributed by atoms with van der Waals surface area (Å²) in [7, 11) is 3.11. The van der Waals surface area contributed by atoms with Crippen molar-refractivity contribution in [1.82, 2.24) is 10.7 Å². The molecule has 150 valence electrons. The number of nitrogens with one attached hydrogen (secondary N) is 3. The van der Waals surface area contributed by atoms with Gasteiger partial charge in [-0.25, -0.2) is 10.4 Å². The molecule has 2 aromatic carbocycles.